The number of nitrogens with zero attached hydrogens (tertiary/aromatic N) is 3. The summed E-state index contributed by atoms with van der Waals surface area (Å²) in [6.07, 6.45) is 7.89. The number of carbonyl (C=O) groups excluding carboxylic acids is 1. The Morgan fingerprint density at radius 2 is 1.53 bits per heavy atom. The lowest BCUT2D eigenvalue weighted by Crippen LogP contribution is -2.22. The van der Waals surface area contributed by atoms with Crippen LogP contribution in [0, 0.1) is 0 Å². The molecule has 4 rings (SSSR count). The van der Waals surface area contributed by atoms with Gasteiger partial charge in [-0.15, -0.1) is 0 Å². The van der Waals surface area contributed by atoms with Crippen molar-refractivity contribution in [2.75, 3.05) is 5.32 Å². The smallest absolute Gasteiger partial charge is 0.232 e. The number of fused-ring (bicyclic) bond motifs is 1. The minimum Gasteiger partial charge on any atom is -0.346 e. The highest BCUT2D eigenvalue weighted by molar-refractivity contribution is 6.34. The van der Waals surface area contributed by atoms with Crippen molar-refractivity contribution in [2.45, 2.75) is 65.1 Å². The van der Waals surface area contributed by atoms with E-state index in [9.17, 15) is 4.79 Å². The van der Waals surface area contributed by atoms with Gasteiger partial charge < -0.3 is 4.98 Å². The molecule has 6 nitrogen and oxygen atoms in total. The van der Waals surface area contributed by atoms with Crippen molar-refractivity contribution >= 4 is 34.5 Å². The molecule has 0 fully saturated rings. The first-order valence-corrected chi connectivity index (χ1v) is 13.1. The molecule has 0 aliphatic carbocycles. The summed E-state index contributed by atoms with van der Waals surface area (Å²) in [7, 11) is 0. The zero-order chi connectivity index (χ0) is 25.2. The summed E-state index contributed by atoms with van der Waals surface area (Å²) in [5.74, 6) is 0.162. The van der Waals surface area contributed by atoms with Crippen LogP contribution in [-0.2, 0) is 24.4 Å². The molecule has 36 heavy (non-hydrogen) atoms. The van der Waals surface area contributed by atoms with E-state index in [-0.39, 0.29) is 11.9 Å². The standard InChI is InChI=1S/C29H34ClN5O/c1-2-3-4-5-12-17-25(36)32-29-33-27(30)26-24(18-31-28(26)34-29)21-35(19-22-13-8-6-9-14-22)20-23-15-10-7-11-16-23/h6-11,13-16,18H,2-5,12,17,19-21H2,1H3,(H2,31,32,33,34,36). The molecule has 4 aromatic rings. The number of unbranched alkanes of at least 4 members (excludes halogenated alkanes) is 4. The third kappa shape index (κ3) is 7.39. The normalized spacial score (nSPS) is 11.3. The fraction of sp³-hybridized carbons (Fsp3) is 0.345. The first-order valence-electron chi connectivity index (χ1n) is 12.8. The number of aromatic nitrogens is 3. The van der Waals surface area contributed by atoms with Crippen LogP contribution >= 0.6 is 11.6 Å². The predicted molar refractivity (Wildman–Crippen MR) is 147 cm³/mol. The number of carbonyl (C=O) groups is 1. The number of anilines is 1. The van der Waals surface area contributed by atoms with Crippen LogP contribution in [0.1, 0.15) is 62.1 Å². The van der Waals surface area contributed by atoms with Crippen LogP contribution < -0.4 is 5.32 Å². The molecule has 0 atom stereocenters. The van der Waals surface area contributed by atoms with Crippen LogP contribution in [0.5, 0.6) is 0 Å². The van der Waals surface area contributed by atoms with Gasteiger partial charge in [0.05, 0.1) is 5.39 Å². The molecule has 0 aliphatic heterocycles. The van der Waals surface area contributed by atoms with Crippen molar-refractivity contribution in [3.05, 3.63) is 88.7 Å². The molecule has 2 aromatic carbocycles. The van der Waals surface area contributed by atoms with E-state index in [0.717, 1.165) is 43.3 Å². The van der Waals surface area contributed by atoms with Gasteiger partial charge in [-0.25, -0.2) is 0 Å². The summed E-state index contributed by atoms with van der Waals surface area (Å²) in [5.41, 5.74) is 4.14. The number of nitrogens with one attached hydrogen (secondary N) is 2. The average molecular weight is 504 g/mol. The van der Waals surface area contributed by atoms with Gasteiger partial charge in [-0.2, -0.15) is 9.97 Å². The van der Waals surface area contributed by atoms with Gasteiger partial charge in [0.1, 0.15) is 10.8 Å². The van der Waals surface area contributed by atoms with Gasteiger partial charge in [0, 0.05) is 32.3 Å². The van der Waals surface area contributed by atoms with Crippen LogP contribution in [0.15, 0.2) is 66.9 Å². The Kier molecular flexibility index (Phi) is 9.47. The molecule has 0 saturated carbocycles. The minimum atomic E-state index is -0.0782. The van der Waals surface area contributed by atoms with Gasteiger partial charge in [-0.1, -0.05) is 105 Å². The Morgan fingerprint density at radius 3 is 2.17 bits per heavy atom. The minimum absolute atomic E-state index is 0.0782. The number of halogens is 1. The van der Waals surface area contributed by atoms with Crippen molar-refractivity contribution in [1.82, 2.24) is 19.9 Å². The van der Waals surface area contributed by atoms with Crippen LogP contribution in [0.4, 0.5) is 5.95 Å². The summed E-state index contributed by atoms with van der Waals surface area (Å²) in [6.45, 7) is 4.46. The SMILES string of the molecule is CCCCCCCC(=O)Nc1nc(Cl)c2c(CN(Cc3ccccc3)Cc3ccccc3)c[nH]c2n1. The monoisotopic (exact) mass is 503 g/mol. The summed E-state index contributed by atoms with van der Waals surface area (Å²) in [4.78, 5) is 26.9. The molecule has 0 spiro atoms. The molecule has 0 bridgehead atoms. The fourth-order valence-electron chi connectivity index (χ4n) is 4.40. The fourth-order valence-corrected chi connectivity index (χ4v) is 4.69. The molecule has 2 N–H and O–H groups in total. The van der Waals surface area contributed by atoms with Gasteiger partial charge in [-0.3, -0.25) is 15.0 Å². The van der Waals surface area contributed by atoms with E-state index < -0.39 is 0 Å². The van der Waals surface area contributed by atoms with E-state index in [1.165, 1.54) is 24.0 Å². The quantitative estimate of drug-likeness (QED) is 0.150. The third-order valence-electron chi connectivity index (χ3n) is 6.22. The summed E-state index contributed by atoms with van der Waals surface area (Å²) in [6, 6.07) is 20.9. The van der Waals surface area contributed by atoms with Crippen LogP contribution in [0.2, 0.25) is 5.15 Å². The van der Waals surface area contributed by atoms with Gasteiger partial charge in [0.15, 0.2) is 0 Å². The molecule has 1 amide bonds. The molecular formula is C29H34ClN5O. The summed E-state index contributed by atoms with van der Waals surface area (Å²) >= 11 is 6.62. The van der Waals surface area contributed by atoms with E-state index in [1.807, 2.05) is 18.3 Å². The number of amides is 1. The highest BCUT2D eigenvalue weighted by Gasteiger charge is 2.17. The second-order valence-corrected chi connectivity index (χ2v) is 9.56. The lowest BCUT2D eigenvalue weighted by Gasteiger charge is -2.22. The number of hydrogen-bond acceptors (Lipinski definition) is 4. The van der Waals surface area contributed by atoms with E-state index in [0.29, 0.717) is 23.8 Å². The molecule has 188 valence electrons. The second-order valence-electron chi connectivity index (χ2n) is 9.20. The number of H-pyrrole nitrogens is 1. The summed E-state index contributed by atoms with van der Waals surface area (Å²) < 4.78 is 0. The van der Waals surface area contributed by atoms with E-state index >= 15 is 0 Å². The van der Waals surface area contributed by atoms with Crippen molar-refractivity contribution < 1.29 is 4.79 Å². The van der Waals surface area contributed by atoms with Crippen LogP contribution in [-0.4, -0.2) is 25.8 Å². The molecule has 0 radical (unpaired) electrons. The maximum absolute atomic E-state index is 12.3. The van der Waals surface area contributed by atoms with E-state index in [1.54, 1.807) is 0 Å². The molecular weight excluding hydrogens is 470 g/mol. The number of hydrogen-bond donors (Lipinski definition) is 2. The Bertz CT molecular complexity index is 1200. The summed E-state index contributed by atoms with van der Waals surface area (Å²) in [5, 5.41) is 3.94. The zero-order valence-corrected chi connectivity index (χ0v) is 21.6. The van der Waals surface area contributed by atoms with Crippen molar-refractivity contribution in [3.8, 4) is 0 Å². The first kappa shape index (κ1) is 25.9. The zero-order valence-electron chi connectivity index (χ0n) is 20.8. The lowest BCUT2D eigenvalue weighted by atomic mass is 10.1. The average Bonchev–Trinajstić information content (AvgIpc) is 3.28. The number of rotatable bonds is 13. The van der Waals surface area contributed by atoms with Gasteiger partial charge >= 0.3 is 0 Å². The molecule has 0 unspecified atom stereocenters. The Hall–Kier alpha value is -3.22. The molecule has 0 aliphatic rings. The van der Waals surface area contributed by atoms with Crippen LogP contribution in [0.25, 0.3) is 11.0 Å². The number of aromatic amines is 1. The maximum atomic E-state index is 12.3. The Labute approximate surface area is 218 Å². The highest BCUT2D eigenvalue weighted by atomic mass is 35.5. The van der Waals surface area contributed by atoms with Crippen molar-refractivity contribution in [3.63, 3.8) is 0 Å². The molecule has 2 aromatic heterocycles. The Morgan fingerprint density at radius 1 is 0.889 bits per heavy atom. The van der Waals surface area contributed by atoms with Gasteiger partial charge in [-0.05, 0) is 23.1 Å². The largest absolute Gasteiger partial charge is 0.346 e. The molecule has 0 saturated heterocycles. The van der Waals surface area contributed by atoms with E-state index in [2.05, 4.69) is 80.6 Å². The van der Waals surface area contributed by atoms with E-state index in [4.69, 9.17) is 11.6 Å². The van der Waals surface area contributed by atoms with Crippen molar-refractivity contribution in [1.29, 1.82) is 0 Å². The topological polar surface area (TPSA) is 73.9 Å². The molecule has 2 heterocycles. The lowest BCUT2D eigenvalue weighted by molar-refractivity contribution is -0.116. The molecule has 7 heteroatoms. The predicted octanol–water partition coefficient (Wildman–Crippen LogP) is 7.11. The maximum Gasteiger partial charge on any atom is 0.232 e. The first-order chi connectivity index (χ1) is 17.6. The van der Waals surface area contributed by atoms with Gasteiger partial charge in [0.2, 0.25) is 11.9 Å². The third-order valence-corrected chi connectivity index (χ3v) is 6.49. The Balaban J connectivity index is 1.47. The number of benzene rings is 2. The van der Waals surface area contributed by atoms with Gasteiger partial charge in [0.25, 0.3) is 0 Å². The van der Waals surface area contributed by atoms with Crippen molar-refractivity contribution in [2.24, 2.45) is 0 Å². The second kappa shape index (κ2) is 13.2. The highest BCUT2D eigenvalue weighted by Crippen LogP contribution is 2.27. The van der Waals surface area contributed by atoms with Crippen LogP contribution in [0.3, 0.4) is 0 Å².